The molecule has 0 amide bonds. The lowest BCUT2D eigenvalue weighted by Crippen LogP contribution is -2.13. The van der Waals surface area contributed by atoms with Crippen LogP contribution in [-0.2, 0) is 9.47 Å². The molecule has 2 aromatic rings. The van der Waals surface area contributed by atoms with Crippen molar-refractivity contribution >= 4 is 23.1 Å². The Kier molecular flexibility index (Phi) is 9.11. The predicted octanol–water partition coefficient (Wildman–Crippen LogP) is 6.25. The zero-order chi connectivity index (χ0) is 20.2. The number of benzene rings is 2. The highest BCUT2D eigenvalue weighted by molar-refractivity contribution is 5.95. The second-order valence-electron chi connectivity index (χ2n) is 6.42. The molecule has 6 nitrogen and oxygen atoms in total. The highest BCUT2D eigenvalue weighted by Crippen LogP contribution is 2.33. The van der Waals surface area contributed by atoms with Crippen LogP contribution < -0.4 is 9.47 Å². The number of hydrogen-bond donors (Lipinski definition) is 0. The van der Waals surface area contributed by atoms with E-state index in [1.807, 2.05) is 12.1 Å². The summed E-state index contributed by atoms with van der Waals surface area (Å²) in [5.74, 6) is 0.694. The third-order valence-corrected chi connectivity index (χ3v) is 4.17. The predicted molar refractivity (Wildman–Crippen MR) is 107 cm³/mol. The standard InChI is InChI=1S/C22H28O6/c1-3-5-9-15-25-21(23)27-19-13-14-20(18-12-8-7-11-17(18)19)28-22(24)26-16-10-6-4-2/h7-8,11-14H,3-6,9-10,15-16H2,1-2H3. The highest BCUT2D eigenvalue weighted by Gasteiger charge is 2.15. The lowest BCUT2D eigenvalue weighted by atomic mass is 10.1. The van der Waals surface area contributed by atoms with Gasteiger partial charge in [-0.1, -0.05) is 63.8 Å². The van der Waals surface area contributed by atoms with Crippen molar-refractivity contribution in [2.75, 3.05) is 13.2 Å². The van der Waals surface area contributed by atoms with Gasteiger partial charge in [-0.3, -0.25) is 0 Å². The summed E-state index contributed by atoms with van der Waals surface area (Å²) >= 11 is 0. The highest BCUT2D eigenvalue weighted by atomic mass is 16.7. The van der Waals surface area contributed by atoms with Gasteiger partial charge in [-0.15, -0.1) is 0 Å². The van der Waals surface area contributed by atoms with E-state index in [0.29, 0.717) is 35.5 Å². The molecule has 0 saturated heterocycles. The Morgan fingerprint density at radius 1 is 0.679 bits per heavy atom. The minimum Gasteiger partial charge on any atom is -0.434 e. The van der Waals surface area contributed by atoms with E-state index in [0.717, 1.165) is 38.5 Å². The molecule has 0 aromatic heterocycles. The van der Waals surface area contributed by atoms with E-state index in [4.69, 9.17) is 18.9 Å². The molecule has 2 aromatic carbocycles. The van der Waals surface area contributed by atoms with Crippen LogP contribution in [-0.4, -0.2) is 25.5 Å². The summed E-state index contributed by atoms with van der Waals surface area (Å²) in [6.07, 6.45) is 4.21. The number of carbonyl (C=O) groups is 2. The summed E-state index contributed by atoms with van der Waals surface area (Å²) in [4.78, 5) is 23.8. The van der Waals surface area contributed by atoms with Gasteiger partial charge in [0.1, 0.15) is 11.5 Å². The molecule has 0 radical (unpaired) electrons. The molecule has 2 rings (SSSR count). The van der Waals surface area contributed by atoms with Crippen LogP contribution in [0.1, 0.15) is 52.4 Å². The maximum absolute atomic E-state index is 11.9. The summed E-state index contributed by atoms with van der Waals surface area (Å²) in [5, 5.41) is 1.29. The summed E-state index contributed by atoms with van der Waals surface area (Å²) in [6.45, 7) is 4.81. The fraction of sp³-hybridized carbons (Fsp3) is 0.455. The van der Waals surface area contributed by atoms with Crippen molar-refractivity contribution in [2.24, 2.45) is 0 Å². The fourth-order valence-corrected chi connectivity index (χ4v) is 2.68. The second kappa shape index (κ2) is 11.8. The van der Waals surface area contributed by atoms with Crippen LogP contribution in [0.25, 0.3) is 10.8 Å². The van der Waals surface area contributed by atoms with Gasteiger partial charge in [-0.25, -0.2) is 9.59 Å². The first-order valence-corrected chi connectivity index (χ1v) is 9.86. The third kappa shape index (κ3) is 6.76. The van der Waals surface area contributed by atoms with E-state index >= 15 is 0 Å². The lowest BCUT2D eigenvalue weighted by molar-refractivity contribution is 0.0959. The minimum atomic E-state index is -0.745. The van der Waals surface area contributed by atoms with Crippen LogP contribution in [0.5, 0.6) is 11.5 Å². The SMILES string of the molecule is CCCCCOC(=O)Oc1ccc(OC(=O)OCCCCC)c2ccccc12. The smallest absolute Gasteiger partial charge is 0.434 e. The lowest BCUT2D eigenvalue weighted by Gasteiger charge is -2.12. The van der Waals surface area contributed by atoms with E-state index in [9.17, 15) is 9.59 Å². The summed E-state index contributed by atoms with van der Waals surface area (Å²) < 4.78 is 20.8. The Bertz CT molecular complexity index is 706. The van der Waals surface area contributed by atoms with Gasteiger partial charge in [0.05, 0.1) is 13.2 Å². The first kappa shape index (κ1) is 21.5. The maximum Gasteiger partial charge on any atom is 0.513 e. The molecule has 0 aliphatic heterocycles. The number of unbranched alkanes of at least 4 members (excludes halogenated alkanes) is 4. The number of carbonyl (C=O) groups excluding carboxylic acids is 2. The van der Waals surface area contributed by atoms with Crippen LogP contribution >= 0.6 is 0 Å². The minimum absolute atomic E-state index is 0.329. The molecular weight excluding hydrogens is 360 g/mol. The van der Waals surface area contributed by atoms with Gasteiger partial charge in [0, 0.05) is 10.8 Å². The molecule has 0 aliphatic rings. The number of rotatable bonds is 10. The molecule has 0 heterocycles. The Morgan fingerprint density at radius 3 is 1.50 bits per heavy atom. The molecule has 28 heavy (non-hydrogen) atoms. The zero-order valence-electron chi connectivity index (χ0n) is 16.6. The number of ether oxygens (including phenoxy) is 4. The average Bonchev–Trinajstić information content (AvgIpc) is 2.70. The molecule has 0 fully saturated rings. The van der Waals surface area contributed by atoms with E-state index < -0.39 is 12.3 Å². The van der Waals surface area contributed by atoms with E-state index in [1.54, 1.807) is 24.3 Å². The van der Waals surface area contributed by atoms with Crippen molar-refractivity contribution in [3.63, 3.8) is 0 Å². The maximum atomic E-state index is 11.9. The van der Waals surface area contributed by atoms with Crippen LogP contribution in [0.15, 0.2) is 36.4 Å². The van der Waals surface area contributed by atoms with Crippen molar-refractivity contribution in [3.8, 4) is 11.5 Å². The Hall–Kier alpha value is -2.76. The Labute approximate surface area is 165 Å². The van der Waals surface area contributed by atoms with E-state index in [-0.39, 0.29) is 0 Å². The molecule has 0 aliphatic carbocycles. The number of fused-ring (bicyclic) bond motifs is 1. The first-order chi connectivity index (χ1) is 13.7. The molecule has 6 heteroatoms. The fourth-order valence-electron chi connectivity index (χ4n) is 2.68. The largest absolute Gasteiger partial charge is 0.513 e. The van der Waals surface area contributed by atoms with Gasteiger partial charge in [0.25, 0.3) is 0 Å². The van der Waals surface area contributed by atoms with Crippen LogP contribution in [0.4, 0.5) is 9.59 Å². The summed E-state index contributed by atoms with van der Waals surface area (Å²) in [7, 11) is 0. The molecule has 0 atom stereocenters. The molecule has 0 spiro atoms. The third-order valence-electron chi connectivity index (χ3n) is 4.17. The summed E-state index contributed by atoms with van der Waals surface area (Å²) in [6, 6.07) is 10.4. The molecule has 0 bridgehead atoms. The molecule has 0 saturated carbocycles. The topological polar surface area (TPSA) is 71.1 Å². The van der Waals surface area contributed by atoms with Crippen LogP contribution in [0.3, 0.4) is 0 Å². The quantitative estimate of drug-likeness (QED) is 0.272. The average molecular weight is 388 g/mol. The van der Waals surface area contributed by atoms with Crippen LogP contribution in [0.2, 0.25) is 0 Å². The normalized spacial score (nSPS) is 10.5. The van der Waals surface area contributed by atoms with Crippen LogP contribution in [0, 0.1) is 0 Å². The molecule has 0 unspecified atom stereocenters. The van der Waals surface area contributed by atoms with Crippen molar-refractivity contribution in [1.29, 1.82) is 0 Å². The van der Waals surface area contributed by atoms with Gasteiger partial charge in [-0.2, -0.15) is 0 Å². The zero-order valence-corrected chi connectivity index (χ0v) is 16.6. The van der Waals surface area contributed by atoms with E-state index in [1.165, 1.54) is 0 Å². The monoisotopic (exact) mass is 388 g/mol. The van der Waals surface area contributed by atoms with Gasteiger partial charge < -0.3 is 18.9 Å². The summed E-state index contributed by atoms with van der Waals surface area (Å²) in [5.41, 5.74) is 0. The number of hydrogen-bond acceptors (Lipinski definition) is 6. The van der Waals surface area contributed by atoms with E-state index in [2.05, 4.69) is 13.8 Å². The van der Waals surface area contributed by atoms with Crippen molar-refractivity contribution in [3.05, 3.63) is 36.4 Å². The molecular formula is C22H28O6. The van der Waals surface area contributed by atoms with Gasteiger partial charge in [0.15, 0.2) is 0 Å². The van der Waals surface area contributed by atoms with Gasteiger partial charge in [-0.05, 0) is 25.0 Å². The second-order valence-corrected chi connectivity index (χ2v) is 6.42. The van der Waals surface area contributed by atoms with Crippen molar-refractivity contribution in [1.82, 2.24) is 0 Å². The van der Waals surface area contributed by atoms with Gasteiger partial charge >= 0.3 is 12.3 Å². The Morgan fingerprint density at radius 2 is 1.11 bits per heavy atom. The van der Waals surface area contributed by atoms with Crippen molar-refractivity contribution in [2.45, 2.75) is 52.4 Å². The molecule has 152 valence electrons. The Balaban J connectivity index is 2.03. The molecule has 0 N–H and O–H groups in total. The van der Waals surface area contributed by atoms with Gasteiger partial charge in [0.2, 0.25) is 0 Å². The first-order valence-electron chi connectivity index (χ1n) is 9.86. The van der Waals surface area contributed by atoms with Crippen molar-refractivity contribution < 1.29 is 28.5 Å².